The van der Waals surface area contributed by atoms with Crippen LogP contribution in [0.25, 0.3) is 0 Å². The lowest BCUT2D eigenvalue weighted by atomic mass is 10.0. The van der Waals surface area contributed by atoms with Crippen molar-refractivity contribution >= 4 is 17.9 Å². The first-order chi connectivity index (χ1) is 37.5. The molecule has 0 aromatic heterocycles. The predicted octanol–water partition coefficient (Wildman–Crippen LogP) is 22.5. The van der Waals surface area contributed by atoms with E-state index in [0.717, 1.165) is 89.9 Å². The number of ether oxygens (including phenoxy) is 3. The Morgan fingerprint density at radius 1 is 0.276 bits per heavy atom. The topological polar surface area (TPSA) is 78.9 Å². The number of unbranched alkanes of at least 4 members (excludes halogenated alkanes) is 37. The van der Waals surface area contributed by atoms with Gasteiger partial charge < -0.3 is 14.2 Å². The van der Waals surface area contributed by atoms with Crippen LogP contribution in [0.1, 0.15) is 335 Å². The molecule has 0 aliphatic carbocycles. The van der Waals surface area contributed by atoms with Crippen LogP contribution in [0.3, 0.4) is 0 Å². The fourth-order valence-electron chi connectivity index (χ4n) is 9.53. The fourth-order valence-corrected chi connectivity index (χ4v) is 9.53. The van der Waals surface area contributed by atoms with Gasteiger partial charge in [-0.05, 0) is 89.9 Å². The van der Waals surface area contributed by atoms with E-state index in [2.05, 4.69) is 93.7 Å². The van der Waals surface area contributed by atoms with Gasteiger partial charge in [0.2, 0.25) is 0 Å². The summed E-state index contributed by atoms with van der Waals surface area (Å²) in [5, 5.41) is 0. The summed E-state index contributed by atoms with van der Waals surface area (Å²) >= 11 is 0. The zero-order valence-electron chi connectivity index (χ0n) is 50.5. The molecule has 0 saturated carbocycles. The summed E-state index contributed by atoms with van der Waals surface area (Å²) in [7, 11) is 0. The second-order valence-corrected chi connectivity index (χ2v) is 22.0. The van der Waals surface area contributed by atoms with Crippen LogP contribution in [-0.2, 0) is 28.6 Å². The van der Waals surface area contributed by atoms with Crippen LogP contribution in [0, 0.1) is 0 Å². The average Bonchev–Trinajstić information content (AvgIpc) is 3.42. The normalized spacial score (nSPS) is 12.5. The van der Waals surface area contributed by atoms with Crippen molar-refractivity contribution in [3.8, 4) is 0 Å². The molecule has 0 fully saturated rings. The van der Waals surface area contributed by atoms with E-state index in [0.29, 0.717) is 19.3 Å². The quantitative estimate of drug-likeness (QED) is 0.0261. The molecular formula is C70H124O6. The van der Waals surface area contributed by atoms with E-state index < -0.39 is 6.10 Å². The fraction of sp³-hybridized carbons (Fsp3) is 0.786. The van der Waals surface area contributed by atoms with E-state index >= 15 is 0 Å². The molecule has 0 heterocycles. The van der Waals surface area contributed by atoms with Crippen molar-refractivity contribution in [2.75, 3.05) is 13.2 Å². The smallest absolute Gasteiger partial charge is 0.306 e. The minimum Gasteiger partial charge on any atom is -0.462 e. The van der Waals surface area contributed by atoms with Crippen LogP contribution >= 0.6 is 0 Å². The maximum absolute atomic E-state index is 12.9. The zero-order chi connectivity index (χ0) is 55.0. The van der Waals surface area contributed by atoms with Crippen molar-refractivity contribution in [1.82, 2.24) is 0 Å². The van der Waals surface area contributed by atoms with Crippen molar-refractivity contribution < 1.29 is 28.6 Å². The first-order valence-corrected chi connectivity index (χ1v) is 32.9. The SMILES string of the molecule is CC/C=C\C/C=C\C/C=C\C/C=C\CCCCCCCCCCCCCCCCC(=O)OCC(COC(=O)CCCCCCCC)OC(=O)CCCCCCCCCCCCCCC/C=C\C/C=C\CCCCCCC. The summed E-state index contributed by atoms with van der Waals surface area (Å²) in [4.78, 5) is 38.1. The van der Waals surface area contributed by atoms with Gasteiger partial charge >= 0.3 is 17.9 Å². The zero-order valence-corrected chi connectivity index (χ0v) is 50.5. The van der Waals surface area contributed by atoms with Gasteiger partial charge in [-0.3, -0.25) is 14.4 Å². The van der Waals surface area contributed by atoms with Crippen LogP contribution in [0.15, 0.2) is 72.9 Å². The molecule has 0 saturated heterocycles. The summed E-state index contributed by atoms with van der Waals surface area (Å²) < 4.78 is 16.8. The first kappa shape index (κ1) is 72.8. The van der Waals surface area contributed by atoms with E-state index in [4.69, 9.17) is 14.2 Å². The third kappa shape index (κ3) is 61.7. The predicted molar refractivity (Wildman–Crippen MR) is 330 cm³/mol. The first-order valence-electron chi connectivity index (χ1n) is 32.9. The van der Waals surface area contributed by atoms with Gasteiger partial charge in [0.25, 0.3) is 0 Å². The molecule has 6 heteroatoms. The number of carbonyl (C=O) groups excluding carboxylic acids is 3. The molecule has 0 N–H and O–H groups in total. The Hall–Kier alpha value is -3.15. The summed E-state index contributed by atoms with van der Waals surface area (Å²) in [5.74, 6) is -0.868. The highest BCUT2D eigenvalue weighted by atomic mass is 16.6. The number of esters is 3. The molecule has 0 aromatic carbocycles. The second kappa shape index (κ2) is 64.4. The Balaban J connectivity index is 4.05. The lowest BCUT2D eigenvalue weighted by molar-refractivity contribution is -0.167. The highest BCUT2D eigenvalue weighted by Gasteiger charge is 2.19. The van der Waals surface area contributed by atoms with Gasteiger partial charge in [0.15, 0.2) is 6.10 Å². The highest BCUT2D eigenvalue weighted by Crippen LogP contribution is 2.17. The van der Waals surface area contributed by atoms with Gasteiger partial charge in [-0.1, -0.05) is 299 Å². The van der Waals surface area contributed by atoms with Gasteiger partial charge in [0, 0.05) is 19.3 Å². The molecule has 0 amide bonds. The van der Waals surface area contributed by atoms with Gasteiger partial charge in [0.1, 0.15) is 13.2 Å². The summed E-state index contributed by atoms with van der Waals surface area (Å²) in [5.41, 5.74) is 0. The molecule has 6 nitrogen and oxygen atoms in total. The van der Waals surface area contributed by atoms with E-state index in [-0.39, 0.29) is 31.1 Å². The molecule has 0 aliphatic heterocycles. The molecule has 440 valence electrons. The lowest BCUT2D eigenvalue weighted by Gasteiger charge is -2.18. The van der Waals surface area contributed by atoms with Crippen molar-refractivity contribution in [1.29, 1.82) is 0 Å². The standard InChI is InChI=1S/C70H124O6/c1-4-7-10-13-16-18-20-22-24-26-28-30-32-34-35-37-38-40-42-44-46-48-50-52-54-57-60-63-69(72)75-66-67(65-74-68(71)62-59-56-15-12-9-6-3)76-70(73)64-61-58-55-53-51-49-47-45-43-41-39-36-33-31-29-27-25-23-21-19-17-14-11-8-5-2/h7,10,16,18,21-24,27-30,67H,4-6,8-9,11-15,17,19-20,25-26,31-66H2,1-3H3/b10-7-,18-16-,23-21-,24-22-,29-27-,30-28-. The van der Waals surface area contributed by atoms with Crippen LogP contribution < -0.4 is 0 Å². The van der Waals surface area contributed by atoms with E-state index in [1.165, 1.54) is 205 Å². The van der Waals surface area contributed by atoms with Gasteiger partial charge in [-0.25, -0.2) is 0 Å². The van der Waals surface area contributed by atoms with Crippen LogP contribution in [0.5, 0.6) is 0 Å². The molecule has 0 rings (SSSR count). The van der Waals surface area contributed by atoms with Crippen molar-refractivity contribution in [3.63, 3.8) is 0 Å². The molecule has 76 heavy (non-hydrogen) atoms. The molecule has 1 atom stereocenters. The Morgan fingerprint density at radius 3 is 0.803 bits per heavy atom. The molecule has 0 aliphatic rings. The average molecular weight is 1060 g/mol. The van der Waals surface area contributed by atoms with Crippen molar-refractivity contribution in [3.05, 3.63) is 72.9 Å². The van der Waals surface area contributed by atoms with Crippen molar-refractivity contribution in [2.45, 2.75) is 341 Å². The summed E-state index contributed by atoms with van der Waals surface area (Å²) in [6.07, 6.45) is 83.8. The maximum atomic E-state index is 12.9. The lowest BCUT2D eigenvalue weighted by Crippen LogP contribution is -2.30. The minimum absolute atomic E-state index is 0.0726. The van der Waals surface area contributed by atoms with Crippen LogP contribution in [0.2, 0.25) is 0 Å². The molecule has 0 aromatic rings. The Kier molecular flexibility index (Phi) is 61.7. The van der Waals surface area contributed by atoms with Crippen LogP contribution in [-0.4, -0.2) is 37.2 Å². The number of hydrogen-bond donors (Lipinski definition) is 0. The summed E-state index contributed by atoms with van der Waals surface area (Å²) in [6.45, 7) is 6.50. The molecule has 1 unspecified atom stereocenters. The largest absolute Gasteiger partial charge is 0.462 e. The Morgan fingerprint density at radius 2 is 0.513 bits per heavy atom. The van der Waals surface area contributed by atoms with Gasteiger partial charge in [-0.2, -0.15) is 0 Å². The number of carbonyl (C=O) groups is 3. The second-order valence-electron chi connectivity index (χ2n) is 22.0. The molecular weight excluding hydrogens is 937 g/mol. The number of allylic oxidation sites excluding steroid dienone is 12. The number of rotatable bonds is 60. The van der Waals surface area contributed by atoms with Gasteiger partial charge in [0.05, 0.1) is 0 Å². The van der Waals surface area contributed by atoms with E-state index in [1.54, 1.807) is 0 Å². The Labute approximate surface area is 472 Å². The summed E-state index contributed by atoms with van der Waals surface area (Å²) in [6, 6.07) is 0. The van der Waals surface area contributed by atoms with Crippen molar-refractivity contribution in [2.24, 2.45) is 0 Å². The Bertz CT molecular complexity index is 1400. The molecule has 0 spiro atoms. The number of hydrogen-bond acceptors (Lipinski definition) is 6. The third-order valence-electron chi connectivity index (χ3n) is 14.4. The molecule has 0 bridgehead atoms. The van der Waals surface area contributed by atoms with Crippen LogP contribution in [0.4, 0.5) is 0 Å². The van der Waals surface area contributed by atoms with Gasteiger partial charge in [-0.15, -0.1) is 0 Å². The molecule has 0 radical (unpaired) electrons. The highest BCUT2D eigenvalue weighted by molar-refractivity contribution is 5.71. The maximum Gasteiger partial charge on any atom is 0.306 e. The monoisotopic (exact) mass is 1060 g/mol. The van der Waals surface area contributed by atoms with E-state index in [1.807, 2.05) is 0 Å². The third-order valence-corrected chi connectivity index (χ3v) is 14.4. The van der Waals surface area contributed by atoms with E-state index in [9.17, 15) is 14.4 Å². The minimum atomic E-state index is -0.772.